The maximum absolute atomic E-state index is 13.9. The Hall–Kier alpha value is -2.78. The molecule has 38 heavy (non-hydrogen) atoms. The average Bonchev–Trinajstić information content (AvgIpc) is 3.08. The van der Waals surface area contributed by atoms with Crippen LogP contribution < -0.4 is 5.56 Å². The van der Waals surface area contributed by atoms with E-state index >= 15 is 0 Å². The molecule has 6 rings (SSSR count). The summed E-state index contributed by atoms with van der Waals surface area (Å²) in [6.07, 6.45) is 11.0. The number of piperidine rings is 1. The predicted octanol–water partition coefficient (Wildman–Crippen LogP) is 3.90. The maximum atomic E-state index is 13.9. The molecular formula is C29H38N4O5. The third-order valence-electron chi connectivity index (χ3n) is 9.28. The smallest absolute Gasteiger partial charge is 0.362 e. The standard InChI is InChI=1S/C29H38N4O5/c1-2-38-29(35)27(31-36)26-28(34)33(25-10-6-5-9-24(25)30-26)21-14-22-16-37-17-23(15-21)32(22)20-12-18-7-3-4-8-19(11-18)13-20/h5-6,9-10,18-23,36H,2-4,7-8,11-17H2,1H3/b31-27-/t18?,19?,20?,21-,22-,23+. The Bertz CT molecular complexity index is 1250. The van der Waals surface area contributed by atoms with Crippen molar-refractivity contribution in [1.82, 2.24) is 14.5 Å². The third-order valence-corrected chi connectivity index (χ3v) is 9.28. The van der Waals surface area contributed by atoms with E-state index in [-0.39, 0.29) is 30.4 Å². The van der Waals surface area contributed by atoms with E-state index in [0.717, 1.165) is 30.2 Å². The molecule has 204 valence electrons. The summed E-state index contributed by atoms with van der Waals surface area (Å²) in [5, 5.41) is 12.8. The summed E-state index contributed by atoms with van der Waals surface area (Å²) in [7, 11) is 0. The van der Waals surface area contributed by atoms with Crippen molar-refractivity contribution in [2.75, 3.05) is 19.8 Å². The fourth-order valence-corrected chi connectivity index (χ4v) is 7.89. The second-order valence-electron chi connectivity index (χ2n) is 11.6. The number of oxime groups is 1. The van der Waals surface area contributed by atoms with Gasteiger partial charge < -0.3 is 19.2 Å². The Morgan fingerprint density at radius 3 is 2.37 bits per heavy atom. The van der Waals surface area contributed by atoms with Crippen molar-refractivity contribution in [2.45, 2.75) is 88.9 Å². The molecule has 2 saturated carbocycles. The Morgan fingerprint density at radius 2 is 1.71 bits per heavy atom. The third kappa shape index (κ3) is 4.64. The fraction of sp³-hybridized carbons (Fsp3) is 0.655. The lowest BCUT2D eigenvalue weighted by molar-refractivity contribution is -0.135. The summed E-state index contributed by atoms with van der Waals surface area (Å²) in [5.41, 5.74) is 0.244. The predicted molar refractivity (Wildman–Crippen MR) is 143 cm³/mol. The van der Waals surface area contributed by atoms with Gasteiger partial charge in [-0.2, -0.15) is 0 Å². The van der Waals surface area contributed by atoms with Crippen molar-refractivity contribution >= 4 is 22.7 Å². The minimum Gasteiger partial charge on any atom is -0.461 e. The molecule has 2 aliphatic heterocycles. The molecule has 0 spiro atoms. The van der Waals surface area contributed by atoms with E-state index in [1.54, 1.807) is 11.5 Å². The lowest BCUT2D eigenvalue weighted by Crippen LogP contribution is -2.62. The molecular weight excluding hydrogens is 484 g/mol. The summed E-state index contributed by atoms with van der Waals surface area (Å²) < 4.78 is 12.9. The minimum absolute atomic E-state index is 0.0719. The van der Waals surface area contributed by atoms with Crippen LogP contribution in [-0.2, 0) is 14.3 Å². The highest BCUT2D eigenvalue weighted by Gasteiger charge is 2.46. The summed E-state index contributed by atoms with van der Waals surface area (Å²) in [5.74, 6) is 0.822. The Kier molecular flexibility index (Phi) is 7.22. The molecule has 0 amide bonds. The normalized spacial score (nSPS) is 32.1. The summed E-state index contributed by atoms with van der Waals surface area (Å²) in [6.45, 7) is 3.12. The van der Waals surface area contributed by atoms with Crippen LogP contribution in [0, 0.1) is 11.8 Å². The molecule has 9 heteroatoms. The number of hydrogen-bond acceptors (Lipinski definition) is 8. The van der Waals surface area contributed by atoms with Crippen LogP contribution in [0.3, 0.4) is 0 Å². The number of para-hydroxylation sites is 2. The van der Waals surface area contributed by atoms with Crippen LogP contribution in [0.2, 0.25) is 0 Å². The lowest BCUT2D eigenvalue weighted by atomic mass is 9.75. The Labute approximate surface area is 222 Å². The zero-order valence-electron chi connectivity index (χ0n) is 22.1. The van der Waals surface area contributed by atoms with Crippen molar-refractivity contribution < 1.29 is 19.5 Å². The highest BCUT2D eigenvalue weighted by Crippen LogP contribution is 2.44. The van der Waals surface area contributed by atoms with Gasteiger partial charge in [-0.15, -0.1) is 0 Å². The molecule has 3 heterocycles. The van der Waals surface area contributed by atoms with Gasteiger partial charge in [0.25, 0.3) is 5.56 Å². The molecule has 0 radical (unpaired) electrons. The second kappa shape index (κ2) is 10.8. The van der Waals surface area contributed by atoms with Crippen LogP contribution in [0.15, 0.2) is 34.2 Å². The number of nitrogens with zero attached hydrogens (tertiary/aromatic N) is 4. The molecule has 1 aromatic heterocycles. The van der Waals surface area contributed by atoms with E-state index < -0.39 is 17.2 Å². The highest BCUT2D eigenvalue weighted by molar-refractivity contribution is 6.42. The number of benzene rings is 1. The van der Waals surface area contributed by atoms with Crippen LogP contribution in [-0.4, -0.2) is 69.3 Å². The summed E-state index contributed by atoms with van der Waals surface area (Å²) in [6, 6.07) is 8.48. The van der Waals surface area contributed by atoms with Gasteiger partial charge in [-0.25, -0.2) is 9.78 Å². The number of rotatable bonds is 5. The van der Waals surface area contributed by atoms with Crippen LogP contribution in [0.1, 0.15) is 76.4 Å². The van der Waals surface area contributed by atoms with Crippen molar-refractivity contribution in [3.8, 4) is 0 Å². The molecule has 4 bridgehead atoms. The quantitative estimate of drug-likeness (QED) is 0.275. The first-order chi connectivity index (χ1) is 18.6. The first kappa shape index (κ1) is 25.5. The van der Waals surface area contributed by atoms with Gasteiger partial charge in [-0.3, -0.25) is 9.69 Å². The highest BCUT2D eigenvalue weighted by atomic mass is 16.5. The number of carbonyl (C=O) groups is 1. The van der Waals surface area contributed by atoms with Gasteiger partial charge in [0.1, 0.15) is 0 Å². The number of esters is 1. The number of aromatic nitrogens is 2. The number of hydrogen-bond donors (Lipinski definition) is 1. The molecule has 4 aliphatic rings. The topological polar surface area (TPSA) is 106 Å². The monoisotopic (exact) mass is 522 g/mol. The molecule has 2 saturated heterocycles. The van der Waals surface area contributed by atoms with E-state index in [1.807, 2.05) is 24.3 Å². The largest absolute Gasteiger partial charge is 0.461 e. The van der Waals surface area contributed by atoms with E-state index in [4.69, 9.17) is 9.47 Å². The van der Waals surface area contributed by atoms with Gasteiger partial charge in [0, 0.05) is 24.2 Å². The van der Waals surface area contributed by atoms with Crippen LogP contribution >= 0.6 is 0 Å². The van der Waals surface area contributed by atoms with Gasteiger partial charge in [0.2, 0.25) is 5.71 Å². The second-order valence-corrected chi connectivity index (χ2v) is 11.6. The zero-order chi connectivity index (χ0) is 26.2. The number of ether oxygens (including phenoxy) is 2. The maximum Gasteiger partial charge on any atom is 0.362 e. The van der Waals surface area contributed by atoms with Crippen molar-refractivity contribution in [3.05, 3.63) is 40.3 Å². The lowest BCUT2D eigenvalue weighted by Gasteiger charge is -2.54. The van der Waals surface area contributed by atoms with Gasteiger partial charge in [0.15, 0.2) is 5.69 Å². The molecule has 2 unspecified atom stereocenters. The van der Waals surface area contributed by atoms with Gasteiger partial charge in [0.05, 0.1) is 30.9 Å². The minimum atomic E-state index is -0.861. The van der Waals surface area contributed by atoms with E-state index in [2.05, 4.69) is 15.0 Å². The molecule has 5 atom stereocenters. The van der Waals surface area contributed by atoms with Crippen molar-refractivity contribution in [3.63, 3.8) is 0 Å². The average molecular weight is 523 g/mol. The Balaban J connectivity index is 1.35. The van der Waals surface area contributed by atoms with Gasteiger partial charge >= 0.3 is 5.97 Å². The number of carbonyl (C=O) groups excluding carboxylic acids is 1. The molecule has 4 fully saturated rings. The van der Waals surface area contributed by atoms with Crippen molar-refractivity contribution in [2.24, 2.45) is 17.0 Å². The van der Waals surface area contributed by atoms with Crippen molar-refractivity contribution in [1.29, 1.82) is 0 Å². The molecule has 1 aromatic carbocycles. The van der Waals surface area contributed by atoms with E-state index in [9.17, 15) is 14.8 Å². The van der Waals surface area contributed by atoms with Gasteiger partial charge in [-0.1, -0.05) is 43.0 Å². The fourth-order valence-electron chi connectivity index (χ4n) is 7.89. The summed E-state index contributed by atoms with van der Waals surface area (Å²) in [4.78, 5) is 33.6. The zero-order valence-corrected chi connectivity index (χ0v) is 22.1. The van der Waals surface area contributed by atoms with Gasteiger partial charge in [-0.05, 0) is 63.0 Å². The molecule has 1 N–H and O–H groups in total. The number of morpholine rings is 1. The Morgan fingerprint density at radius 1 is 1.03 bits per heavy atom. The first-order valence-corrected chi connectivity index (χ1v) is 14.3. The molecule has 9 nitrogen and oxygen atoms in total. The SMILES string of the molecule is CCOC(=O)/C(=N\O)c1nc2ccccc2n([C@H]2C[C@H]3COC[C@@H](C2)N3C2CC3CCCCC(C3)C2)c1=O. The van der Waals surface area contributed by atoms with Crippen LogP contribution in [0.25, 0.3) is 11.0 Å². The van der Waals surface area contributed by atoms with E-state index in [1.165, 1.54) is 44.9 Å². The number of fused-ring (bicyclic) bond motifs is 5. The first-order valence-electron chi connectivity index (χ1n) is 14.3. The van der Waals surface area contributed by atoms with Crippen LogP contribution in [0.5, 0.6) is 0 Å². The summed E-state index contributed by atoms with van der Waals surface area (Å²) >= 11 is 0. The molecule has 2 aliphatic carbocycles. The van der Waals surface area contributed by atoms with E-state index in [0.29, 0.717) is 24.8 Å². The molecule has 2 aromatic rings. The van der Waals surface area contributed by atoms with Crippen LogP contribution in [0.4, 0.5) is 0 Å².